The van der Waals surface area contributed by atoms with E-state index in [-0.39, 0.29) is 16.8 Å². The van der Waals surface area contributed by atoms with E-state index in [2.05, 4.69) is 5.32 Å². The van der Waals surface area contributed by atoms with Crippen LogP contribution in [0.3, 0.4) is 0 Å². The zero-order chi connectivity index (χ0) is 21.8. The Bertz CT molecular complexity index is 1130. The number of carbonyl (C=O) groups excluding carboxylic acids is 1. The number of hydrogen-bond acceptors (Lipinski definition) is 4. The maximum atomic E-state index is 12.9. The molecule has 1 amide bonds. The third-order valence-electron chi connectivity index (χ3n) is 5.50. The van der Waals surface area contributed by atoms with Gasteiger partial charge in [0.05, 0.1) is 10.6 Å². The molecule has 1 aliphatic heterocycles. The highest BCUT2D eigenvalue weighted by Crippen LogP contribution is 2.23. The number of hydrogen-bond donors (Lipinski definition) is 1. The van der Waals surface area contributed by atoms with Crippen molar-refractivity contribution >= 4 is 27.3 Å². The first-order valence-electron chi connectivity index (χ1n) is 10.2. The first-order chi connectivity index (χ1) is 14.9. The number of likely N-dealkylation sites (tertiary alicyclic amines) is 1. The van der Waals surface area contributed by atoms with Crippen LogP contribution in [0.25, 0.3) is 0 Å². The predicted octanol–water partition coefficient (Wildman–Crippen LogP) is 3.84. The second kappa shape index (κ2) is 8.81. The molecule has 0 aliphatic carbocycles. The molecule has 0 saturated carbocycles. The van der Waals surface area contributed by atoms with E-state index >= 15 is 0 Å². The van der Waals surface area contributed by atoms with Crippen molar-refractivity contribution in [3.63, 3.8) is 0 Å². The zero-order valence-corrected chi connectivity index (χ0v) is 18.1. The summed E-state index contributed by atoms with van der Waals surface area (Å²) < 4.78 is 27.1. The quantitative estimate of drug-likeness (QED) is 0.639. The molecule has 3 aromatic rings. The van der Waals surface area contributed by atoms with Gasteiger partial charge in [0.25, 0.3) is 15.9 Å². The molecule has 31 heavy (non-hydrogen) atoms. The number of anilines is 2. The molecular formula is C24H25N3O3S. The summed E-state index contributed by atoms with van der Waals surface area (Å²) in [5.74, 6) is -0.0854. The molecule has 1 unspecified atom stereocenters. The van der Waals surface area contributed by atoms with E-state index in [0.717, 1.165) is 12.1 Å². The Morgan fingerprint density at radius 1 is 0.935 bits per heavy atom. The lowest BCUT2D eigenvalue weighted by molar-refractivity contribution is 0.0791. The largest absolute Gasteiger partial charge is 0.380 e. The smallest absolute Gasteiger partial charge is 0.264 e. The van der Waals surface area contributed by atoms with Crippen LogP contribution in [0.15, 0.2) is 89.8 Å². The van der Waals surface area contributed by atoms with Crippen molar-refractivity contribution in [1.29, 1.82) is 0 Å². The normalized spacial score (nSPS) is 16.2. The lowest BCUT2D eigenvalue weighted by Crippen LogP contribution is -2.31. The average Bonchev–Trinajstić information content (AvgIpc) is 3.28. The zero-order valence-electron chi connectivity index (χ0n) is 17.3. The fourth-order valence-corrected chi connectivity index (χ4v) is 4.91. The number of nitrogens with one attached hydrogen (secondary N) is 1. The van der Waals surface area contributed by atoms with Gasteiger partial charge in [0.15, 0.2) is 0 Å². The maximum Gasteiger partial charge on any atom is 0.264 e. The van der Waals surface area contributed by atoms with Gasteiger partial charge >= 0.3 is 0 Å². The van der Waals surface area contributed by atoms with Gasteiger partial charge in [-0.15, -0.1) is 0 Å². The highest BCUT2D eigenvalue weighted by Gasteiger charge is 2.27. The SMILES string of the molecule is CN(c1ccccc1)S(=O)(=O)c1ccc(C(=O)N2CCC(Nc3ccccc3)C2)cc1. The summed E-state index contributed by atoms with van der Waals surface area (Å²) in [6, 6.07) is 25.2. The molecule has 7 heteroatoms. The molecule has 0 bridgehead atoms. The van der Waals surface area contributed by atoms with E-state index in [1.54, 1.807) is 41.3 Å². The van der Waals surface area contributed by atoms with Gasteiger partial charge in [-0.3, -0.25) is 9.10 Å². The lowest BCUT2D eigenvalue weighted by Gasteiger charge is -2.20. The summed E-state index contributed by atoms with van der Waals surface area (Å²) in [6.45, 7) is 1.28. The Labute approximate surface area is 183 Å². The summed E-state index contributed by atoms with van der Waals surface area (Å²) in [5, 5.41) is 3.46. The van der Waals surface area contributed by atoms with E-state index in [9.17, 15) is 13.2 Å². The fourth-order valence-electron chi connectivity index (χ4n) is 3.72. The van der Waals surface area contributed by atoms with E-state index in [4.69, 9.17) is 0 Å². The highest BCUT2D eigenvalue weighted by molar-refractivity contribution is 7.92. The summed E-state index contributed by atoms with van der Waals surface area (Å²) in [5.41, 5.74) is 2.11. The molecule has 0 spiro atoms. The van der Waals surface area contributed by atoms with E-state index < -0.39 is 10.0 Å². The molecule has 4 rings (SSSR count). The van der Waals surface area contributed by atoms with Crippen LogP contribution in [0.5, 0.6) is 0 Å². The first-order valence-corrected chi connectivity index (χ1v) is 11.6. The van der Waals surface area contributed by atoms with E-state index in [1.165, 1.54) is 23.5 Å². The van der Waals surface area contributed by atoms with Gasteiger partial charge in [-0.2, -0.15) is 0 Å². The summed E-state index contributed by atoms with van der Waals surface area (Å²) in [4.78, 5) is 14.9. The second-order valence-electron chi connectivity index (χ2n) is 7.58. The lowest BCUT2D eigenvalue weighted by atomic mass is 10.2. The topological polar surface area (TPSA) is 69.7 Å². The predicted molar refractivity (Wildman–Crippen MR) is 123 cm³/mol. The summed E-state index contributed by atoms with van der Waals surface area (Å²) >= 11 is 0. The molecule has 1 fully saturated rings. The van der Waals surface area contributed by atoms with Crippen molar-refractivity contribution in [2.45, 2.75) is 17.4 Å². The maximum absolute atomic E-state index is 12.9. The van der Waals surface area contributed by atoms with Crippen LogP contribution in [0.4, 0.5) is 11.4 Å². The molecule has 0 radical (unpaired) electrons. The van der Waals surface area contributed by atoms with Crippen molar-refractivity contribution in [3.8, 4) is 0 Å². The molecular weight excluding hydrogens is 410 g/mol. The standard InChI is InChI=1S/C24H25N3O3S/c1-26(22-10-6-3-7-11-22)31(29,30)23-14-12-19(13-15-23)24(28)27-17-16-21(18-27)25-20-8-4-2-5-9-20/h2-15,21,25H,16-18H2,1H3. The summed E-state index contributed by atoms with van der Waals surface area (Å²) in [7, 11) is -2.18. The minimum Gasteiger partial charge on any atom is -0.380 e. The van der Waals surface area contributed by atoms with Crippen molar-refractivity contribution < 1.29 is 13.2 Å². The first kappa shape index (κ1) is 20.9. The van der Waals surface area contributed by atoms with Gasteiger partial charge in [0, 0.05) is 37.4 Å². The molecule has 1 aliphatic rings. The third kappa shape index (κ3) is 4.56. The average molecular weight is 436 g/mol. The molecule has 3 aromatic carbocycles. The Hall–Kier alpha value is -3.32. The Balaban J connectivity index is 1.43. The van der Waals surface area contributed by atoms with Gasteiger partial charge in [0.2, 0.25) is 0 Å². The van der Waals surface area contributed by atoms with Gasteiger partial charge < -0.3 is 10.2 Å². The van der Waals surface area contributed by atoms with Crippen LogP contribution < -0.4 is 9.62 Å². The molecule has 0 aromatic heterocycles. The number of sulfonamides is 1. The van der Waals surface area contributed by atoms with Crippen molar-refractivity contribution in [1.82, 2.24) is 4.90 Å². The van der Waals surface area contributed by atoms with Crippen molar-refractivity contribution in [3.05, 3.63) is 90.5 Å². The van der Waals surface area contributed by atoms with Crippen LogP contribution in [0.2, 0.25) is 0 Å². The third-order valence-corrected chi connectivity index (χ3v) is 7.30. The van der Waals surface area contributed by atoms with Gasteiger partial charge in [-0.25, -0.2) is 8.42 Å². The van der Waals surface area contributed by atoms with Crippen molar-refractivity contribution in [2.24, 2.45) is 0 Å². The van der Waals surface area contributed by atoms with Crippen LogP contribution in [0.1, 0.15) is 16.8 Å². The number of benzene rings is 3. The Kier molecular flexibility index (Phi) is 5.95. The van der Waals surface area contributed by atoms with E-state index in [1.807, 2.05) is 36.4 Å². The summed E-state index contributed by atoms with van der Waals surface area (Å²) in [6.07, 6.45) is 0.870. The Morgan fingerprint density at radius 3 is 2.19 bits per heavy atom. The highest BCUT2D eigenvalue weighted by atomic mass is 32.2. The number of nitrogens with zero attached hydrogens (tertiary/aromatic N) is 2. The minimum absolute atomic E-state index is 0.0854. The van der Waals surface area contributed by atoms with Crippen LogP contribution in [-0.2, 0) is 10.0 Å². The number of amides is 1. The number of para-hydroxylation sites is 2. The van der Waals surface area contributed by atoms with Gasteiger partial charge in [-0.1, -0.05) is 36.4 Å². The van der Waals surface area contributed by atoms with Crippen LogP contribution >= 0.6 is 0 Å². The minimum atomic E-state index is -3.70. The molecule has 1 N–H and O–H groups in total. The monoisotopic (exact) mass is 435 g/mol. The number of rotatable bonds is 6. The van der Waals surface area contributed by atoms with Crippen LogP contribution in [-0.4, -0.2) is 45.4 Å². The molecule has 6 nitrogen and oxygen atoms in total. The molecule has 1 atom stereocenters. The van der Waals surface area contributed by atoms with Gasteiger partial charge in [-0.05, 0) is 55.0 Å². The van der Waals surface area contributed by atoms with Crippen LogP contribution in [0, 0.1) is 0 Å². The fraction of sp³-hybridized carbons (Fsp3) is 0.208. The molecule has 1 heterocycles. The van der Waals surface area contributed by atoms with Gasteiger partial charge in [0.1, 0.15) is 0 Å². The molecule has 160 valence electrons. The molecule has 1 saturated heterocycles. The second-order valence-corrected chi connectivity index (χ2v) is 9.55. The number of carbonyl (C=O) groups is 1. The Morgan fingerprint density at radius 2 is 1.55 bits per heavy atom. The van der Waals surface area contributed by atoms with Crippen molar-refractivity contribution in [2.75, 3.05) is 29.8 Å². The van der Waals surface area contributed by atoms with E-state index in [0.29, 0.717) is 24.3 Å².